The van der Waals surface area contributed by atoms with Crippen molar-refractivity contribution in [2.75, 3.05) is 0 Å². The number of halogens is 2. The van der Waals surface area contributed by atoms with E-state index >= 15 is 0 Å². The minimum Gasteiger partial charge on any atom is -0.345 e. The van der Waals surface area contributed by atoms with Gasteiger partial charge in [-0.25, -0.2) is 0 Å². The van der Waals surface area contributed by atoms with Crippen LogP contribution in [0.1, 0.15) is 40.9 Å². The molecule has 0 aliphatic carbocycles. The summed E-state index contributed by atoms with van der Waals surface area (Å²) in [5.74, 6) is 1.04. The van der Waals surface area contributed by atoms with E-state index < -0.39 is 11.4 Å². The maximum absolute atomic E-state index is 12.9. The number of rotatable bonds is 8. The molecule has 0 spiro atoms. The Kier molecular flexibility index (Phi) is 7.93. The van der Waals surface area contributed by atoms with E-state index in [2.05, 4.69) is 27.6 Å². The van der Waals surface area contributed by atoms with Crippen molar-refractivity contribution in [3.63, 3.8) is 0 Å². The molecule has 1 heterocycles. The van der Waals surface area contributed by atoms with Crippen LogP contribution in [0.4, 0.5) is 0 Å². The van der Waals surface area contributed by atoms with Gasteiger partial charge in [-0.2, -0.15) is 0 Å². The summed E-state index contributed by atoms with van der Waals surface area (Å²) < 4.78 is 1.96. The van der Waals surface area contributed by atoms with Gasteiger partial charge in [0, 0.05) is 10.8 Å². The molecule has 4 rings (SSSR count). The first-order chi connectivity index (χ1) is 16.4. The lowest BCUT2D eigenvalue weighted by atomic mass is 10.1. The highest BCUT2D eigenvalue weighted by Gasteiger charge is 2.25. The summed E-state index contributed by atoms with van der Waals surface area (Å²) in [6.45, 7) is 3.88. The van der Waals surface area contributed by atoms with E-state index in [9.17, 15) is 4.79 Å². The monoisotopic (exact) mass is 510 g/mol. The van der Waals surface area contributed by atoms with Gasteiger partial charge in [-0.15, -0.1) is 21.8 Å². The molecule has 0 bridgehead atoms. The Hall–Kier alpha value is -2.80. The highest BCUT2D eigenvalue weighted by atomic mass is 35.5. The molecule has 0 aliphatic rings. The van der Waals surface area contributed by atoms with Gasteiger partial charge in [0.05, 0.1) is 11.7 Å². The van der Waals surface area contributed by atoms with Crippen LogP contribution in [0.15, 0.2) is 84.0 Å². The number of benzene rings is 3. The summed E-state index contributed by atoms with van der Waals surface area (Å²) in [6.07, 6.45) is 0. The quantitative estimate of drug-likeness (QED) is 0.212. The highest BCUT2D eigenvalue weighted by molar-refractivity contribution is 7.98. The maximum Gasteiger partial charge on any atom is 0.243 e. The van der Waals surface area contributed by atoms with Crippen LogP contribution in [-0.2, 0) is 10.5 Å². The third kappa shape index (κ3) is 5.63. The number of carbonyl (C=O) groups is 1. The van der Waals surface area contributed by atoms with Gasteiger partial charge in [0.15, 0.2) is 11.0 Å². The second-order valence-corrected chi connectivity index (χ2v) is 9.70. The first-order valence-electron chi connectivity index (χ1n) is 10.8. The molecule has 8 heteroatoms. The maximum atomic E-state index is 12.9. The third-order valence-electron chi connectivity index (χ3n) is 5.35. The number of carbonyl (C=O) groups excluding carboxylic acids is 1. The SMILES string of the molecule is Cc1ccc(Cl)cc1-n1c(SCc2ccccc2)nnc1C(C)NC(=O)C(Cl)c1ccccc1. The Morgan fingerprint density at radius 2 is 1.71 bits per heavy atom. The number of nitrogens with one attached hydrogen (secondary N) is 1. The van der Waals surface area contributed by atoms with E-state index in [1.54, 1.807) is 11.8 Å². The Bertz CT molecular complexity index is 1260. The minimum atomic E-state index is -0.806. The van der Waals surface area contributed by atoms with E-state index in [0.29, 0.717) is 10.8 Å². The van der Waals surface area contributed by atoms with Gasteiger partial charge in [-0.3, -0.25) is 9.36 Å². The fourth-order valence-electron chi connectivity index (χ4n) is 3.55. The van der Waals surface area contributed by atoms with E-state index in [4.69, 9.17) is 23.2 Å². The molecule has 2 unspecified atom stereocenters. The lowest BCUT2D eigenvalue weighted by Gasteiger charge is -2.19. The number of amides is 1. The van der Waals surface area contributed by atoms with Crippen molar-refractivity contribution >= 4 is 40.9 Å². The number of nitrogens with zero attached hydrogens (tertiary/aromatic N) is 3. The summed E-state index contributed by atoms with van der Waals surface area (Å²) in [5, 5.41) is 12.4. The molecule has 0 saturated heterocycles. The summed E-state index contributed by atoms with van der Waals surface area (Å²) in [7, 11) is 0. The molecule has 4 aromatic rings. The summed E-state index contributed by atoms with van der Waals surface area (Å²) in [5.41, 5.74) is 3.81. The molecule has 5 nitrogen and oxygen atoms in total. The van der Waals surface area contributed by atoms with Crippen LogP contribution < -0.4 is 5.32 Å². The average molecular weight is 511 g/mol. The van der Waals surface area contributed by atoms with Gasteiger partial charge in [-0.1, -0.05) is 90.1 Å². The van der Waals surface area contributed by atoms with Gasteiger partial charge in [0.2, 0.25) is 5.91 Å². The van der Waals surface area contributed by atoms with Crippen LogP contribution in [0, 0.1) is 6.92 Å². The first kappa shape index (κ1) is 24.3. The number of hydrogen-bond donors (Lipinski definition) is 1. The molecule has 34 heavy (non-hydrogen) atoms. The van der Waals surface area contributed by atoms with Crippen molar-refractivity contribution in [3.8, 4) is 5.69 Å². The highest BCUT2D eigenvalue weighted by Crippen LogP contribution is 2.31. The standard InChI is InChI=1S/C26H24Cl2N4OS/c1-17-13-14-21(27)15-22(17)32-24(30-31-26(32)34-16-19-9-5-3-6-10-19)18(2)29-25(33)23(28)20-11-7-4-8-12-20/h3-15,18,23H,16H2,1-2H3,(H,29,33). The summed E-state index contributed by atoms with van der Waals surface area (Å²) in [4.78, 5) is 12.9. The number of hydrogen-bond acceptors (Lipinski definition) is 4. The van der Waals surface area contributed by atoms with Gasteiger partial charge < -0.3 is 5.32 Å². The predicted octanol–water partition coefficient (Wildman–Crippen LogP) is 6.68. The second kappa shape index (κ2) is 11.1. The van der Waals surface area contributed by atoms with E-state index in [1.165, 1.54) is 5.56 Å². The second-order valence-electron chi connectivity index (χ2n) is 7.88. The zero-order chi connectivity index (χ0) is 24.1. The topological polar surface area (TPSA) is 59.8 Å². The molecule has 174 valence electrons. The Morgan fingerprint density at radius 3 is 2.41 bits per heavy atom. The number of thioether (sulfide) groups is 1. The van der Waals surface area contributed by atoms with Gasteiger partial charge in [0.1, 0.15) is 5.38 Å². The van der Waals surface area contributed by atoms with Crippen molar-refractivity contribution in [3.05, 3.63) is 106 Å². The number of aryl methyl sites for hydroxylation is 1. The Labute approximate surface area is 213 Å². The molecule has 2 atom stereocenters. The molecule has 0 fully saturated rings. The van der Waals surface area contributed by atoms with E-state index in [0.717, 1.165) is 27.7 Å². The van der Waals surface area contributed by atoms with Crippen LogP contribution in [-0.4, -0.2) is 20.7 Å². The molecular formula is C26H24Cl2N4OS. The molecule has 0 aliphatic heterocycles. The lowest BCUT2D eigenvalue weighted by Crippen LogP contribution is -2.31. The molecular weight excluding hydrogens is 487 g/mol. The third-order valence-corrected chi connectivity index (χ3v) is 7.04. The molecule has 1 amide bonds. The van der Waals surface area contributed by atoms with Gasteiger partial charge in [0.25, 0.3) is 0 Å². The fraction of sp³-hybridized carbons (Fsp3) is 0.192. The zero-order valence-electron chi connectivity index (χ0n) is 18.8. The van der Waals surface area contributed by atoms with Gasteiger partial charge in [-0.05, 0) is 42.7 Å². The Balaban J connectivity index is 1.64. The van der Waals surface area contributed by atoms with E-state index in [1.807, 2.05) is 85.1 Å². The fourth-order valence-corrected chi connectivity index (χ4v) is 4.83. The molecule has 3 aromatic carbocycles. The number of aromatic nitrogens is 3. The average Bonchev–Trinajstić information content (AvgIpc) is 3.28. The Morgan fingerprint density at radius 1 is 1.03 bits per heavy atom. The molecule has 0 saturated carbocycles. The van der Waals surface area contributed by atoms with Crippen molar-refractivity contribution in [2.45, 2.75) is 36.2 Å². The molecule has 0 radical (unpaired) electrons. The van der Waals surface area contributed by atoms with E-state index in [-0.39, 0.29) is 5.91 Å². The van der Waals surface area contributed by atoms with Crippen molar-refractivity contribution in [2.24, 2.45) is 0 Å². The van der Waals surface area contributed by atoms with Crippen LogP contribution in [0.3, 0.4) is 0 Å². The predicted molar refractivity (Wildman–Crippen MR) is 139 cm³/mol. The smallest absolute Gasteiger partial charge is 0.243 e. The van der Waals surface area contributed by atoms with Crippen molar-refractivity contribution in [1.29, 1.82) is 0 Å². The van der Waals surface area contributed by atoms with Crippen LogP contribution in [0.5, 0.6) is 0 Å². The van der Waals surface area contributed by atoms with Gasteiger partial charge >= 0.3 is 0 Å². The largest absolute Gasteiger partial charge is 0.345 e. The van der Waals surface area contributed by atoms with Crippen LogP contribution in [0.2, 0.25) is 5.02 Å². The molecule has 1 aromatic heterocycles. The summed E-state index contributed by atoms with van der Waals surface area (Å²) in [6, 6.07) is 24.7. The normalized spacial score (nSPS) is 12.8. The number of alkyl halides is 1. The minimum absolute atomic E-state index is 0.295. The first-order valence-corrected chi connectivity index (χ1v) is 12.6. The van der Waals surface area contributed by atoms with Crippen molar-refractivity contribution < 1.29 is 4.79 Å². The van der Waals surface area contributed by atoms with Crippen LogP contribution in [0.25, 0.3) is 5.69 Å². The van der Waals surface area contributed by atoms with Crippen molar-refractivity contribution in [1.82, 2.24) is 20.1 Å². The summed E-state index contributed by atoms with van der Waals surface area (Å²) >= 11 is 14.4. The van der Waals surface area contributed by atoms with Crippen LogP contribution >= 0.6 is 35.0 Å². The molecule has 1 N–H and O–H groups in total. The zero-order valence-corrected chi connectivity index (χ0v) is 21.1. The lowest BCUT2D eigenvalue weighted by molar-refractivity contribution is -0.121.